The number of sulfonamides is 1. The highest BCUT2D eigenvalue weighted by Gasteiger charge is 2.16. The van der Waals surface area contributed by atoms with Crippen LogP contribution in [0.4, 0.5) is 5.69 Å². The molecule has 7 heteroatoms. The van der Waals surface area contributed by atoms with Crippen molar-refractivity contribution < 1.29 is 13.5 Å². The van der Waals surface area contributed by atoms with E-state index in [1.165, 1.54) is 6.07 Å². The van der Waals surface area contributed by atoms with Gasteiger partial charge in [0.25, 0.3) is 10.0 Å². The first-order valence-corrected chi connectivity index (χ1v) is 8.99. The van der Waals surface area contributed by atoms with Gasteiger partial charge >= 0.3 is 0 Å². The summed E-state index contributed by atoms with van der Waals surface area (Å²) in [5, 5.41) is 10.6. The van der Waals surface area contributed by atoms with Crippen LogP contribution in [0.25, 0.3) is 0 Å². The predicted octanol–water partition coefficient (Wildman–Crippen LogP) is 2.76. The van der Waals surface area contributed by atoms with Gasteiger partial charge in [-0.3, -0.25) is 4.72 Å². The first-order valence-electron chi connectivity index (χ1n) is 5.40. The molecule has 2 aromatic rings. The van der Waals surface area contributed by atoms with Crippen LogP contribution in [-0.4, -0.2) is 19.8 Å². The van der Waals surface area contributed by atoms with E-state index in [0.29, 0.717) is 11.3 Å². The second-order valence-corrected chi connectivity index (χ2v) is 7.47. The van der Waals surface area contributed by atoms with E-state index in [9.17, 15) is 8.42 Å². The Morgan fingerprint density at radius 2 is 2.00 bits per heavy atom. The van der Waals surface area contributed by atoms with Crippen LogP contribution in [0.1, 0.15) is 5.56 Å². The normalized spacial score (nSPS) is 11.5. The Labute approximate surface area is 120 Å². The number of hydrogen-bond acceptors (Lipinski definition) is 5. The van der Waals surface area contributed by atoms with Crippen molar-refractivity contribution in [3.8, 4) is 0 Å². The van der Waals surface area contributed by atoms with E-state index in [1.807, 2.05) is 18.4 Å². The maximum absolute atomic E-state index is 12.1. The van der Waals surface area contributed by atoms with Crippen molar-refractivity contribution in [2.45, 2.75) is 15.7 Å². The summed E-state index contributed by atoms with van der Waals surface area (Å²) in [4.78, 5) is 1.07. The summed E-state index contributed by atoms with van der Waals surface area (Å²) in [5.41, 5.74) is 1.12. The molecule has 0 spiro atoms. The topological polar surface area (TPSA) is 66.4 Å². The van der Waals surface area contributed by atoms with Crippen molar-refractivity contribution in [2.24, 2.45) is 0 Å². The van der Waals surface area contributed by atoms with Gasteiger partial charge in [0.15, 0.2) is 0 Å². The first kappa shape index (κ1) is 14.4. The molecule has 0 atom stereocenters. The molecule has 0 aliphatic carbocycles. The Balaban J connectivity index is 2.20. The van der Waals surface area contributed by atoms with E-state index in [0.717, 1.165) is 16.2 Å². The molecular formula is C12H13NO3S3. The zero-order valence-electron chi connectivity index (χ0n) is 10.2. The third kappa shape index (κ3) is 3.50. The van der Waals surface area contributed by atoms with Crippen molar-refractivity contribution in [1.82, 2.24) is 0 Å². The van der Waals surface area contributed by atoms with Crippen LogP contribution in [0.15, 0.2) is 44.8 Å². The molecular weight excluding hydrogens is 302 g/mol. The molecule has 0 aliphatic rings. The van der Waals surface area contributed by atoms with Crippen molar-refractivity contribution >= 4 is 38.8 Å². The van der Waals surface area contributed by atoms with Gasteiger partial charge in [0, 0.05) is 10.6 Å². The maximum Gasteiger partial charge on any atom is 0.271 e. The molecule has 1 heterocycles. The van der Waals surface area contributed by atoms with E-state index in [4.69, 9.17) is 5.11 Å². The van der Waals surface area contributed by atoms with Crippen LogP contribution in [0, 0.1) is 0 Å². The molecule has 0 radical (unpaired) electrons. The van der Waals surface area contributed by atoms with Gasteiger partial charge < -0.3 is 5.11 Å². The number of nitrogens with one attached hydrogen (secondary N) is 1. The number of thiophene rings is 1. The average molecular weight is 315 g/mol. The molecule has 1 aromatic carbocycles. The average Bonchev–Trinajstić information content (AvgIpc) is 2.89. The molecule has 0 saturated carbocycles. The Hall–Kier alpha value is -1.02. The van der Waals surface area contributed by atoms with Crippen LogP contribution in [0.2, 0.25) is 0 Å². The van der Waals surface area contributed by atoms with Crippen molar-refractivity contribution in [3.63, 3.8) is 0 Å². The molecule has 0 saturated heterocycles. The zero-order valence-corrected chi connectivity index (χ0v) is 12.6. The predicted molar refractivity (Wildman–Crippen MR) is 79.3 cm³/mol. The Kier molecular flexibility index (Phi) is 4.51. The van der Waals surface area contributed by atoms with E-state index in [2.05, 4.69) is 4.72 Å². The summed E-state index contributed by atoms with van der Waals surface area (Å²) in [6, 6.07) is 8.64. The molecule has 1 aromatic heterocycles. The van der Waals surface area contributed by atoms with Crippen molar-refractivity contribution in [1.29, 1.82) is 0 Å². The highest BCUT2D eigenvalue weighted by molar-refractivity contribution is 7.98. The minimum absolute atomic E-state index is 0.158. The van der Waals surface area contributed by atoms with Crippen LogP contribution in [0.5, 0.6) is 0 Å². The van der Waals surface area contributed by atoms with Gasteiger partial charge in [-0.1, -0.05) is 0 Å². The molecule has 102 valence electrons. The Morgan fingerprint density at radius 1 is 1.32 bits per heavy atom. The quantitative estimate of drug-likeness (QED) is 0.833. The van der Waals surface area contributed by atoms with Crippen LogP contribution in [0.3, 0.4) is 0 Å². The number of rotatable bonds is 5. The lowest BCUT2D eigenvalue weighted by Gasteiger charge is -2.06. The number of aliphatic hydroxyl groups excluding tert-OH is 1. The smallest absolute Gasteiger partial charge is 0.271 e. The summed E-state index contributed by atoms with van der Waals surface area (Å²) >= 11 is 2.69. The molecule has 19 heavy (non-hydrogen) atoms. The molecule has 2 N–H and O–H groups in total. The zero-order chi connectivity index (χ0) is 13.9. The monoisotopic (exact) mass is 315 g/mol. The number of anilines is 1. The molecule has 0 unspecified atom stereocenters. The molecule has 0 amide bonds. The van der Waals surface area contributed by atoms with Crippen molar-refractivity contribution in [3.05, 3.63) is 41.3 Å². The summed E-state index contributed by atoms with van der Waals surface area (Å²) in [7, 11) is -3.57. The minimum atomic E-state index is -3.57. The summed E-state index contributed by atoms with van der Waals surface area (Å²) in [5.74, 6) is 0. The Bertz CT molecular complexity index is 647. The summed E-state index contributed by atoms with van der Waals surface area (Å²) < 4.78 is 26.9. The fraction of sp³-hybridized carbons (Fsp3) is 0.167. The lowest BCUT2D eigenvalue weighted by molar-refractivity contribution is 0.282. The second kappa shape index (κ2) is 5.96. The molecule has 0 bridgehead atoms. The van der Waals surface area contributed by atoms with Gasteiger partial charge in [-0.2, -0.15) is 0 Å². The summed E-state index contributed by atoms with van der Waals surface area (Å²) in [6.07, 6.45) is 1.96. The number of benzene rings is 1. The van der Waals surface area contributed by atoms with Gasteiger partial charge in [-0.15, -0.1) is 23.1 Å². The molecule has 2 rings (SSSR count). The number of aliphatic hydroxyl groups is 1. The van der Waals surface area contributed by atoms with Gasteiger partial charge in [-0.25, -0.2) is 8.42 Å². The van der Waals surface area contributed by atoms with E-state index < -0.39 is 10.0 Å². The van der Waals surface area contributed by atoms with Crippen LogP contribution in [-0.2, 0) is 16.6 Å². The van der Waals surface area contributed by atoms with Crippen LogP contribution < -0.4 is 4.72 Å². The Morgan fingerprint density at radius 3 is 2.53 bits per heavy atom. The van der Waals surface area contributed by atoms with E-state index >= 15 is 0 Å². The van der Waals surface area contributed by atoms with Gasteiger partial charge in [-0.05, 0) is 47.5 Å². The third-order valence-corrected chi connectivity index (χ3v) is 6.03. The second-order valence-electron chi connectivity index (χ2n) is 3.77. The van der Waals surface area contributed by atoms with Gasteiger partial charge in [0.05, 0.1) is 6.61 Å². The fourth-order valence-corrected chi connectivity index (χ4v) is 4.11. The SMILES string of the molecule is CSc1ccc(NS(=O)(=O)c2cc(CO)cs2)cc1. The lowest BCUT2D eigenvalue weighted by Crippen LogP contribution is -2.11. The highest BCUT2D eigenvalue weighted by atomic mass is 32.2. The third-order valence-electron chi connectivity index (χ3n) is 2.42. The van der Waals surface area contributed by atoms with Gasteiger partial charge in [0.2, 0.25) is 0 Å². The van der Waals surface area contributed by atoms with E-state index in [-0.39, 0.29) is 10.8 Å². The minimum Gasteiger partial charge on any atom is -0.392 e. The molecule has 0 fully saturated rings. The maximum atomic E-state index is 12.1. The molecule has 0 aliphatic heterocycles. The fourth-order valence-electron chi connectivity index (χ4n) is 1.44. The standard InChI is InChI=1S/C12H13NO3S3/c1-17-11-4-2-10(3-5-11)13-19(15,16)12-6-9(7-14)8-18-12/h2-6,8,13-14H,7H2,1H3. The van der Waals surface area contributed by atoms with Gasteiger partial charge in [0.1, 0.15) is 4.21 Å². The number of hydrogen-bond donors (Lipinski definition) is 2. The summed E-state index contributed by atoms with van der Waals surface area (Å²) in [6.45, 7) is -0.158. The molecule has 4 nitrogen and oxygen atoms in total. The number of thioether (sulfide) groups is 1. The van der Waals surface area contributed by atoms with Crippen molar-refractivity contribution in [2.75, 3.05) is 11.0 Å². The lowest BCUT2D eigenvalue weighted by atomic mass is 10.3. The highest BCUT2D eigenvalue weighted by Crippen LogP contribution is 2.24. The first-order chi connectivity index (χ1) is 9.05. The largest absolute Gasteiger partial charge is 0.392 e. The van der Waals surface area contributed by atoms with E-state index in [1.54, 1.807) is 29.3 Å². The van der Waals surface area contributed by atoms with Crippen LogP contribution >= 0.6 is 23.1 Å².